The van der Waals surface area contributed by atoms with E-state index in [4.69, 9.17) is 0 Å². The number of carbonyl (C=O) groups is 1. The highest BCUT2D eigenvalue weighted by Crippen LogP contribution is 2.20. The second-order valence-electron chi connectivity index (χ2n) is 7.27. The molecule has 1 atom stereocenters. The first-order valence-corrected chi connectivity index (χ1v) is 9.24. The van der Waals surface area contributed by atoms with Crippen LogP contribution in [0.3, 0.4) is 0 Å². The van der Waals surface area contributed by atoms with Crippen molar-refractivity contribution >= 4 is 33.2 Å². The molecule has 0 radical (unpaired) electrons. The van der Waals surface area contributed by atoms with Crippen LogP contribution in [0.1, 0.15) is 17.3 Å². The van der Waals surface area contributed by atoms with E-state index in [1.165, 1.54) is 4.40 Å². The Morgan fingerprint density at radius 1 is 1.14 bits per heavy atom. The second kappa shape index (κ2) is 7.05. The molecule has 1 N–H and O–H groups in total. The maximum Gasteiger partial charge on any atom is 0.265 e. The van der Waals surface area contributed by atoms with Gasteiger partial charge in [-0.25, -0.2) is 4.98 Å². The van der Waals surface area contributed by atoms with Crippen molar-refractivity contribution < 1.29 is 4.79 Å². The fraction of sp³-hybridized carbons (Fsp3) is 0.227. The van der Waals surface area contributed by atoms with Crippen molar-refractivity contribution in [3.8, 4) is 0 Å². The molecule has 0 bridgehead atoms. The number of hydrogen-bond acceptors (Lipinski definition) is 4. The third-order valence-electron chi connectivity index (χ3n) is 5.19. The number of likely N-dealkylation sites (N-methyl/N-ethyl adjacent to an activating group) is 1. The van der Waals surface area contributed by atoms with Crippen LogP contribution in [0.15, 0.2) is 59.5 Å². The van der Waals surface area contributed by atoms with E-state index in [0.717, 1.165) is 10.8 Å². The van der Waals surface area contributed by atoms with Gasteiger partial charge in [0.05, 0.1) is 16.5 Å². The quantitative estimate of drug-likeness (QED) is 0.558. The summed E-state index contributed by atoms with van der Waals surface area (Å²) in [6, 6.07) is 15.2. The van der Waals surface area contributed by atoms with Crippen molar-refractivity contribution in [2.24, 2.45) is 0 Å². The highest BCUT2D eigenvalue weighted by molar-refractivity contribution is 6.02. The number of rotatable bonds is 4. The van der Waals surface area contributed by atoms with Gasteiger partial charge in [-0.15, -0.1) is 0 Å². The van der Waals surface area contributed by atoms with Gasteiger partial charge >= 0.3 is 0 Å². The molecule has 0 spiro atoms. The fourth-order valence-electron chi connectivity index (χ4n) is 3.21. The molecule has 28 heavy (non-hydrogen) atoms. The summed E-state index contributed by atoms with van der Waals surface area (Å²) in [4.78, 5) is 32.5. The summed E-state index contributed by atoms with van der Waals surface area (Å²) >= 11 is 0. The summed E-state index contributed by atoms with van der Waals surface area (Å²) in [6.45, 7) is 2.54. The molecule has 0 saturated carbocycles. The van der Waals surface area contributed by atoms with Crippen LogP contribution < -0.4 is 10.9 Å². The lowest BCUT2D eigenvalue weighted by Gasteiger charge is -2.20. The minimum absolute atomic E-state index is 0.179. The number of amides is 1. The number of benzene rings is 2. The van der Waals surface area contributed by atoms with E-state index >= 15 is 0 Å². The molecule has 0 aliphatic carbocycles. The molecule has 2 aromatic heterocycles. The molecule has 6 heteroatoms. The molecule has 1 unspecified atom stereocenters. The first kappa shape index (κ1) is 18.1. The predicted octanol–water partition coefficient (Wildman–Crippen LogP) is 2.68. The first-order valence-electron chi connectivity index (χ1n) is 9.24. The Bertz CT molecular complexity index is 1260. The maximum atomic E-state index is 13.0. The van der Waals surface area contributed by atoms with Crippen LogP contribution >= 0.6 is 0 Å². The molecule has 1 amide bonds. The summed E-state index contributed by atoms with van der Waals surface area (Å²) in [7, 11) is 3.93. The van der Waals surface area contributed by atoms with E-state index < -0.39 is 0 Å². The van der Waals surface area contributed by atoms with Gasteiger partial charge in [-0.05, 0) is 56.1 Å². The van der Waals surface area contributed by atoms with Gasteiger partial charge in [-0.3, -0.25) is 14.0 Å². The van der Waals surface area contributed by atoms with Crippen molar-refractivity contribution in [2.45, 2.75) is 13.0 Å². The molecule has 2 heterocycles. The van der Waals surface area contributed by atoms with Crippen LogP contribution in [0.4, 0.5) is 0 Å². The van der Waals surface area contributed by atoms with Gasteiger partial charge in [-0.2, -0.15) is 0 Å². The predicted molar refractivity (Wildman–Crippen MR) is 112 cm³/mol. The number of aromatic nitrogens is 2. The summed E-state index contributed by atoms with van der Waals surface area (Å²) < 4.78 is 1.45. The average molecular weight is 374 g/mol. The summed E-state index contributed by atoms with van der Waals surface area (Å²) in [5.74, 6) is -0.237. The molecule has 4 aromatic rings. The number of fused-ring (bicyclic) bond motifs is 3. The Hall–Kier alpha value is -3.25. The van der Waals surface area contributed by atoms with Crippen molar-refractivity contribution in [1.82, 2.24) is 19.6 Å². The average Bonchev–Trinajstić information content (AvgIpc) is 2.70. The Balaban J connectivity index is 1.85. The van der Waals surface area contributed by atoms with Crippen LogP contribution in [0.25, 0.3) is 27.3 Å². The van der Waals surface area contributed by atoms with Crippen LogP contribution in [0.2, 0.25) is 0 Å². The van der Waals surface area contributed by atoms with Crippen LogP contribution in [-0.4, -0.2) is 46.9 Å². The van der Waals surface area contributed by atoms with Gasteiger partial charge in [-0.1, -0.05) is 24.3 Å². The topological polar surface area (TPSA) is 66.7 Å². The third-order valence-corrected chi connectivity index (χ3v) is 5.19. The molecular weight excluding hydrogens is 352 g/mol. The van der Waals surface area contributed by atoms with Gasteiger partial charge in [0, 0.05) is 18.8 Å². The monoisotopic (exact) mass is 374 g/mol. The molecule has 2 aromatic carbocycles. The first-order chi connectivity index (χ1) is 13.5. The lowest BCUT2D eigenvalue weighted by Crippen LogP contribution is -2.38. The number of hydrogen-bond donors (Lipinski definition) is 1. The van der Waals surface area contributed by atoms with E-state index in [9.17, 15) is 9.59 Å². The van der Waals surface area contributed by atoms with E-state index in [-0.39, 0.29) is 17.5 Å². The van der Waals surface area contributed by atoms with Gasteiger partial charge in [0.25, 0.3) is 11.5 Å². The molecule has 142 valence electrons. The lowest BCUT2D eigenvalue weighted by atomic mass is 10.1. The fourth-order valence-corrected chi connectivity index (χ4v) is 3.21. The van der Waals surface area contributed by atoms with E-state index in [1.54, 1.807) is 18.3 Å². The summed E-state index contributed by atoms with van der Waals surface area (Å²) in [5.41, 5.74) is 1.17. The number of pyridine rings is 1. The Morgan fingerprint density at radius 3 is 2.57 bits per heavy atom. The minimum Gasteiger partial charge on any atom is -0.350 e. The molecule has 0 fully saturated rings. The zero-order chi connectivity index (χ0) is 19.8. The number of nitrogens with one attached hydrogen (secondary N) is 1. The Kier molecular flexibility index (Phi) is 4.57. The number of carbonyl (C=O) groups excluding carboxylic acids is 1. The molecule has 0 aliphatic heterocycles. The normalized spacial score (nSPS) is 12.7. The van der Waals surface area contributed by atoms with Crippen LogP contribution in [0, 0.1) is 0 Å². The van der Waals surface area contributed by atoms with Crippen molar-refractivity contribution in [3.63, 3.8) is 0 Å². The summed E-state index contributed by atoms with van der Waals surface area (Å²) in [5, 5.41) is 5.46. The molecule has 0 saturated heterocycles. The zero-order valence-electron chi connectivity index (χ0n) is 16.1. The highest BCUT2D eigenvalue weighted by atomic mass is 16.2. The Morgan fingerprint density at radius 2 is 1.86 bits per heavy atom. The van der Waals surface area contributed by atoms with Gasteiger partial charge in [0.15, 0.2) is 5.65 Å². The SMILES string of the molecule is CC(CNC(=O)c1cccn2c(=O)c3cc4ccccc4cc3nc12)N(C)C. The molecular formula is C22H22N4O2. The molecule has 4 rings (SSSR count). The Labute approximate surface area is 162 Å². The second-order valence-corrected chi connectivity index (χ2v) is 7.27. The summed E-state index contributed by atoms with van der Waals surface area (Å²) in [6.07, 6.45) is 1.65. The largest absolute Gasteiger partial charge is 0.350 e. The van der Waals surface area contributed by atoms with Crippen molar-refractivity contribution in [2.75, 3.05) is 20.6 Å². The number of nitrogens with zero attached hydrogens (tertiary/aromatic N) is 3. The van der Waals surface area contributed by atoms with Crippen LogP contribution in [-0.2, 0) is 0 Å². The third kappa shape index (κ3) is 3.12. The maximum absolute atomic E-state index is 13.0. The zero-order valence-corrected chi connectivity index (χ0v) is 16.1. The highest BCUT2D eigenvalue weighted by Gasteiger charge is 2.16. The lowest BCUT2D eigenvalue weighted by molar-refractivity contribution is 0.0944. The van der Waals surface area contributed by atoms with E-state index in [2.05, 4.69) is 10.3 Å². The van der Waals surface area contributed by atoms with Crippen molar-refractivity contribution in [3.05, 3.63) is 70.6 Å². The van der Waals surface area contributed by atoms with Gasteiger partial charge < -0.3 is 10.2 Å². The smallest absolute Gasteiger partial charge is 0.265 e. The molecule has 0 aliphatic rings. The van der Waals surface area contributed by atoms with E-state index in [1.807, 2.05) is 62.3 Å². The van der Waals surface area contributed by atoms with Gasteiger partial charge in [0.2, 0.25) is 0 Å². The van der Waals surface area contributed by atoms with Crippen molar-refractivity contribution in [1.29, 1.82) is 0 Å². The standard InChI is InChI=1S/C22H22N4O2/c1-14(25(2)3)13-23-21(27)17-9-6-10-26-20(17)24-19-12-16-8-5-4-7-15(16)11-18(19)22(26)28/h4-12,14H,13H2,1-3H3,(H,23,27). The van der Waals surface area contributed by atoms with Gasteiger partial charge in [0.1, 0.15) is 0 Å². The van der Waals surface area contributed by atoms with E-state index in [0.29, 0.717) is 28.7 Å². The molecule has 6 nitrogen and oxygen atoms in total. The van der Waals surface area contributed by atoms with Crippen LogP contribution in [0.5, 0.6) is 0 Å². The minimum atomic E-state index is -0.237.